The maximum atomic E-state index is 12.4. The molecule has 1 fully saturated rings. The highest BCUT2D eigenvalue weighted by Crippen LogP contribution is 2.36. The fourth-order valence-electron chi connectivity index (χ4n) is 2.98. The van der Waals surface area contributed by atoms with Crippen molar-refractivity contribution in [1.29, 1.82) is 0 Å². The molecule has 0 radical (unpaired) electrons. The molecule has 1 aromatic carbocycles. The van der Waals surface area contributed by atoms with Gasteiger partial charge in [-0.25, -0.2) is 4.79 Å². The average Bonchev–Trinajstić information content (AvgIpc) is 2.42. The zero-order valence-electron chi connectivity index (χ0n) is 12.1. The van der Waals surface area contributed by atoms with E-state index in [1.807, 2.05) is 31.2 Å². The van der Waals surface area contributed by atoms with Crippen molar-refractivity contribution in [2.75, 3.05) is 11.9 Å². The number of hydrogen-bond donors (Lipinski definition) is 1. The Balaban J connectivity index is 2.21. The Morgan fingerprint density at radius 3 is 2.75 bits per heavy atom. The van der Waals surface area contributed by atoms with E-state index in [0.29, 0.717) is 12.5 Å². The number of nitrogens with one attached hydrogen (secondary N) is 1. The van der Waals surface area contributed by atoms with Crippen LogP contribution in [-0.2, 0) is 9.53 Å². The van der Waals surface area contributed by atoms with Gasteiger partial charge in [0.05, 0.1) is 6.61 Å². The van der Waals surface area contributed by atoms with Crippen LogP contribution in [0.15, 0.2) is 28.7 Å². The summed E-state index contributed by atoms with van der Waals surface area (Å²) in [6.45, 7) is 4.49. The van der Waals surface area contributed by atoms with Crippen LogP contribution in [0.25, 0.3) is 0 Å². The van der Waals surface area contributed by atoms with Gasteiger partial charge in [0.25, 0.3) is 0 Å². The molecule has 0 amide bonds. The largest absolute Gasteiger partial charge is 0.464 e. The fourth-order valence-corrected chi connectivity index (χ4v) is 3.24. The number of hydrogen-bond acceptors (Lipinski definition) is 3. The molecule has 20 heavy (non-hydrogen) atoms. The number of benzene rings is 1. The van der Waals surface area contributed by atoms with Crippen LogP contribution >= 0.6 is 15.9 Å². The topological polar surface area (TPSA) is 38.3 Å². The highest BCUT2D eigenvalue weighted by molar-refractivity contribution is 9.10. The van der Waals surface area contributed by atoms with Gasteiger partial charge >= 0.3 is 5.97 Å². The molecule has 1 N–H and O–H groups in total. The minimum atomic E-state index is -0.568. The number of halogens is 1. The SMILES string of the molecule is CCOC(=O)C1(Nc2ccc(Br)cc2)CCCC(C)C1. The molecule has 1 aromatic rings. The Bertz CT molecular complexity index is 460. The summed E-state index contributed by atoms with van der Waals surface area (Å²) in [5, 5.41) is 3.44. The summed E-state index contributed by atoms with van der Waals surface area (Å²) in [6, 6.07) is 7.94. The Hall–Kier alpha value is -1.03. The number of carbonyl (C=O) groups is 1. The molecule has 4 heteroatoms. The number of rotatable bonds is 4. The summed E-state index contributed by atoms with van der Waals surface area (Å²) in [6.07, 6.45) is 3.92. The summed E-state index contributed by atoms with van der Waals surface area (Å²) in [7, 11) is 0. The molecule has 0 bridgehead atoms. The van der Waals surface area contributed by atoms with Crippen LogP contribution < -0.4 is 5.32 Å². The maximum Gasteiger partial charge on any atom is 0.331 e. The number of carbonyl (C=O) groups excluding carboxylic acids is 1. The molecule has 1 aliphatic carbocycles. The van der Waals surface area contributed by atoms with Crippen LogP contribution in [0.4, 0.5) is 5.69 Å². The van der Waals surface area contributed by atoms with Crippen molar-refractivity contribution in [2.24, 2.45) is 5.92 Å². The lowest BCUT2D eigenvalue weighted by Crippen LogP contribution is -2.50. The van der Waals surface area contributed by atoms with Gasteiger partial charge in [0.1, 0.15) is 5.54 Å². The second-order valence-corrected chi connectivity index (χ2v) is 6.55. The molecule has 2 atom stereocenters. The third-order valence-corrected chi connectivity index (χ3v) is 4.42. The van der Waals surface area contributed by atoms with E-state index >= 15 is 0 Å². The van der Waals surface area contributed by atoms with Crippen LogP contribution in [-0.4, -0.2) is 18.1 Å². The van der Waals surface area contributed by atoms with Crippen LogP contribution in [0, 0.1) is 5.92 Å². The number of anilines is 1. The van der Waals surface area contributed by atoms with Gasteiger partial charge in [-0.15, -0.1) is 0 Å². The Kier molecular flexibility index (Phi) is 5.08. The van der Waals surface area contributed by atoms with E-state index in [1.54, 1.807) is 0 Å². The minimum absolute atomic E-state index is 0.116. The lowest BCUT2D eigenvalue weighted by atomic mass is 9.76. The molecule has 1 saturated carbocycles. The first kappa shape index (κ1) is 15.4. The summed E-state index contributed by atoms with van der Waals surface area (Å²) >= 11 is 3.43. The molecule has 0 aromatic heterocycles. The first-order chi connectivity index (χ1) is 9.55. The van der Waals surface area contributed by atoms with Gasteiger partial charge < -0.3 is 10.1 Å². The third kappa shape index (κ3) is 3.54. The quantitative estimate of drug-likeness (QED) is 0.827. The van der Waals surface area contributed by atoms with Gasteiger partial charge in [-0.1, -0.05) is 35.7 Å². The molecule has 3 nitrogen and oxygen atoms in total. The molecule has 0 heterocycles. The molecule has 0 aliphatic heterocycles. The third-order valence-electron chi connectivity index (χ3n) is 3.89. The van der Waals surface area contributed by atoms with Crippen molar-refractivity contribution >= 4 is 27.6 Å². The minimum Gasteiger partial charge on any atom is -0.464 e. The zero-order valence-corrected chi connectivity index (χ0v) is 13.7. The molecular weight excluding hydrogens is 318 g/mol. The number of ether oxygens (including phenoxy) is 1. The van der Waals surface area contributed by atoms with Crippen molar-refractivity contribution in [3.05, 3.63) is 28.7 Å². The second-order valence-electron chi connectivity index (χ2n) is 5.64. The number of esters is 1. The normalized spacial score (nSPS) is 26.1. The van der Waals surface area contributed by atoms with Crippen LogP contribution in [0.2, 0.25) is 0 Å². The van der Waals surface area contributed by atoms with Crippen molar-refractivity contribution in [2.45, 2.75) is 45.1 Å². The van der Waals surface area contributed by atoms with E-state index in [2.05, 4.69) is 28.2 Å². The van der Waals surface area contributed by atoms with Crippen LogP contribution in [0.1, 0.15) is 39.5 Å². The van der Waals surface area contributed by atoms with Gasteiger partial charge in [0.15, 0.2) is 0 Å². The van der Waals surface area contributed by atoms with Crippen LogP contribution in [0.3, 0.4) is 0 Å². The van der Waals surface area contributed by atoms with Crippen LogP contribution in [0.5, 0.6) is 0 Å². The monoisotopic (exact) mass is 339 g/mol. The molecule has 2 unspecified atom stereocenters. The highest BCUT2D eigenvalue weighted by Gasteiger charge is 2.43. The summed E-state index contributed by atoms with van der Waals surface area (Å²) in [5.41, 5.74) is 0.400. The predicted octanol–water partition coefficient (Wildman–Crippen LogP) is 4.37. The predicted molar refractivity (Wildman–Crippen MR) is 84.8 cm³/mol. The zero-order chi connectivity index (χ0) is 14.6. The van der Waals surface area contributed by atoms with E-state index in [0.717, 1.165) is 29.4 Å². The van der Waals surface area contributed by atoms with Gasteiger partial charge in [0, 0.05) is 10.2 Å². The smallest absolute Gasteiger partial charge is 0.331 e. The van der Waals surface area contributed by atoms with Crippen molar-refractivity contribution in [3.63, 3.8) is 0 Å². The molecule has 0 saturated heterocycles. The Labute approximate surface area is 129 Å². The molecule has 110 valence electrons. The van der Waals surface area contributed by atoms with Gasteiger partial charge in [-0.3, -0.25) is 0 Å². The van der Waals surface area contributed by atoms with E-state index in [-0.39, 0.29) is 5.97 Å². The second kappa shape index (κ2) is 6.61. The Morgan fingerprint density at radius 2 is 2.15 bits per heavy atom. The summed E-state index contributed by atoms with van der Waals surface area (Å²) < 4.78 is 6.35. The lowest BCUT2D eigenvalue weighted by Gasteiger charge is -2.39. The van der Waals surface area contributed by atoms with E-state index in [4.69, 9.17) is 4.74 Å². The fraction of sp³-hybridized carbons (Fsp3) is 0.562. The van der Waals surface area contributed by atoms with Gasteiger partial charge in [0.2, 0.25) is 0 Å². The molecular formula is C16H22BrNO2. The molecule has 2 rings (SSSR count). The van der Waals surface area contributed by atoms with E-state index in [1.165, 1.54) is 6.42 Å². The first-order valence-electron chi connectivity index (χ1n) is 7.27. The van der Waals surface area contributed by atoms with Gasteiger partial charge in [-0.05, 0) is 49.9 Å². The van der Waals surface area contributed by atoms with Crippen molar-refractivity contribution in [1.82, 2.24) is 0 Å². The van der Waals surface area contributed by atoms with Crippen molar-refractivity contribution < 1.29 is 9.53 Å². The van der Waals surface area contributed by atoms with E-state index < -0.39 is 5.54 Å². The summed E-state index contributed by atoms with van der Waals surface area (Å²) in [4.78, 5) is 12.4. The standard InChI is InChI=1S/C16H22BrNO2/c1-3-20-15(19)16(10-4-5-12(2)11-16)18-14-8-6-13(17)7-9-14/h6-9,12,18H,3-5,10-11H2,1-2H3. The maximum absolute atomic E-state index is 12.4. The molecule has 1 aliphatic rings. The molecule has 0 spiro atoms. The first-order valence-corrected chi connectivity index (χ1v) is 8.06. The van der Waals surface area contributed by atoms with Gasteiger partial charge in [-0.2, -0.15) is 0 Å². The lowest BCUT2D eigenvalue weighted by molar-refractivity contribution is -0.150. The Morgan fingerprint density at radius 1 is 1.45 bits per heavy atom. The highest BCUT2D eigenvalue weighted by atomic mass is 79.9. The van der Waals surface area contributed by atoms with E-state index in [9.17, 15) is 4.79 Å². The van der Waals surface area contributed by atoms with Crippen molar-refractivity contribution in [3.8, 4) is 0 Å². The summed E-state index contributed by atoms with van der Waals surface area (Å²) in [5.74, 6) is 0.422. The average molecular weight is 340 g/mol.